The van der Waals surface area contributed by atoms with E-state index in [1.165, 1.54) is 0 Å². The standard InChI is InChI=1S/C16H30O4/c1-13(17)9-7-8-10-14(18)20-16(4,5)12-11-15(2,3)19-6/h7-12H2,1-6H3. The van der Waals surface area contributed by atoms with E-state index in [-0.39, 0.29) is 17.4 Å². The molecule has 0 heterocycles. The molecule has 0 atom stereocenters. The fourth-order valence-corrected chi connectivity index (χ4v) is 1.76. The Balaban J connectivity index is 4.00. The maximum absolute atomic E-state index is 11.8. The molecule has 0 unspecified atom stereocenters. The lowest BCUT2D eigenvalue weighted by Gasteiger charge is -2.30. The highest BCUT2D eigenvalue weighted by Crippen LogP contribution is 2.24. The van der Waals surface area contributed by atoms with Gasteiger partial charge < -0.3 is 14.3 Å². The van der Waals surface area contributed by atoms with Crippen LogP contribution >= 0.6 is 0 Å². The molecule has 4 nitrogen and oxygen atoms in total. The molecule has 0 bridgehead atoms. The van der Waals surface area contributed by atoms with E-state index < -0.39 is 5.60 Å². The van der Waals surface area contributed by atoms with Gasteiger partial charge in [0, 0.05) is 20.0 Å². The van der Waals surface area contributed by atoms with Gasteiger partial charge in [-0.05, 0) is 60.3 Å². The number of rotatable bonds is 10. The molecule has 0 rings (SSSR count). The average Bonchev–Trinajstić information content (AvgIpc) is 2.32. The monoisotopic (exact) mass is 286 g/mol. The van der Waals surface area contributed by atoms with Crippen LogP contribution in [0.1, 0.15) is 73.1 Å². The Hall–Kier alpha value is -0.900. The number of methoxy groups -OCH3 is 1. The lowest BCUT2D eigenvalue weighted by molar-refractivity contribution is -0.158. The van der Waals surface area contributed by atoms with Crippen LogP contribution < -0.4 is 0 Å². The highest BCUT2D eigenvalue weighted by molar-refractivity contribution is 5.75. The van der Waals surface area contributed by atoms with Gasteiger partial charge in [0.05, 0.1) is 5.60 Å². The number of esters is 1. The van der Waals surface area contributed by atoms with E-state index in [0.717, 1.165) is 19.3 Å². The molecule has 0 aliphatic heterocycles. The summed E-state index contributed by atoms with van der Waals surface area (Å²) in [6.45, 7) is 9.46. The van der Waals surface area contributed by atoms with E-state index in [0.29, 0.717) is 19.3 Å². The van der Waals surface area contributed by atoms with E-state index in [2.05, 4.69) is 0 Å². The van der Waals surface area contributed by atoms with Crippen LogP contribution in [0.4, 0.5) is 0 Å². The molecule has 0 N–H and O–H groups in total. The lowest BCUT2D eigenvalue weighted by atomic mass is 9.94. The van der Waals surface area contributed by atoms with Gasteiger partial charge >= 0.3 is 5.97 Å². The summed E-state index contributed by atoms with van der Waals surface area (Å²) in [5.74, 6) is -0.0192. The third-order valence-electron chi connectivity index (χ3n) is 3.43. The molecule has 0 aromatic rings. The Kier molecular flexibility index (Phi) is 8.02. The summed E-state index contributed by atoms with van der Waals surface area (Å²) >= 11 is 0. The quantitative estimate of drug-likeness (QED) is 0.454. The molecule has 4 heteroatoms. The average molecular weight is 286 g/mol. The molecule has 0 aliphatic rings. The predicted octanol–water partition coefficient (Wildman–Crippen LogP) is 3.66. The minimum atomic E-state index is -0.479. The summed E-state index contributed by atoms with van der Waals surface area (Å²) in [7, 11) is 1.69. The first-order valence-electron chi connectivity index (χ1n) is 7.34. The Labute approximate surface area is 123 Å². The molecule has 0 saturated heterocycles. The lowest BCUT2D eigenvalue weighted by Crippen LogP contribution is -2.32. The van der Waals surface area contributed by atoms with Gasteiger partial charge in [-0.3, -0.25) is 4.79 Å². The summed E-state index contributed by atoms with van der Waals surface area (Å²) in [6.07, 6.45) is 3.96. The van der Waals surface area contributed by atoms with Crippen LogP contribution in [-0.4, -0.2) is 30.1 Å². The molecular formula is C16H30O4. The van der Waals surface area contributed by atoms with Gasteiger partial charge in [-0.2, -0.15) is 0 Å². The second-order valence-corrected chi connectivity index (χ2v) is 6.61. The molecule has 118 valence electrons. The Morgan fingerprint density at radius 3 is 1.90 bits per heavy atom. The topological polar surface area (TPSA) is 52.6 Å². The van der Waals surface area contributed by atoms with Crippen molar-refractivity contribution in [3.05, 3.63) is 0 Å². The summed E-state index contributed by atoms with van der Waals surface area (Å²) in [5, 5.41) is 0. The van der Waals surface area contributed by atoms with Crippen LogP contribution in [-0.2, 0) is 19.1 Å². The largest absolute Gasteiger partial charge is 0.460 e. The van der Waals surface area contributed by atoms with Crippen molar-refractivity contribution in [1.29, 1.82) is 0 Å². The van der Waals surface area contributed by atoms with Gasteiger partial charge in [0.2, 0.25) is 0 Å². The predicted molar refractivity (Wildman–Crippen MR) is 79.6 cm³/mol. The Morgan fingerprint density at radius 2 is 1.40 bits per heavy atom. The molecule has 0 radical (unpaired) electrons. The van der Waals surface area contributed by atoms with Crippen molar-refractivity contribution in [2.45, 2.75) is 84.3 Å². The summed E-state index contributed by atoms with van der Waals surface area (Å²) < 4.78 is 10.9. The Morgan fingerprint density at radius 1 is 0.900 bits per heavy atom. The number of unbranched alkanes of at least 4 members (excludes halogenated alkanes) is 1. The van der Waals surface area contributed by atoms with Crippen molar-refractivity contribution in [3.63, 3.8) is 0 Å². The highest BCUT2D eigenvalue weighted by atomic mass is 16.6. The van der Waals surface area contributed by atoms with Crippen molar-refractivity contribution >= 4 is 11.8 Å². The first-order chi connectivity index (χ1) is 9.08. The van der Waals surface area contributed by atoms with Crippen LogP contribution in [0.15, 0.2) is 0 Å². The van der Waals surface area contributed by atoms with Gasteiger partial charge in [0.25, 0.3) is 0 Å². The molecule has 0 amide bonds. The van der Waals surface area contributed by atoms with Crippen molar-refractivity contribution in [2.75, 3.05) is 7.11 Å². The van der Waals surface area contributed by atoms with Gasteiger partial charge in [-0.1, -0.05) is 0 Å². The minimum absolute atomic E-state index is 0.167. The van der Waals surface area contributed by atoms with E-state index >= 15 is 0 Å². The fourth-order valence-electron chi connectivity index (χ4n) is 1.76. The van der Waals surface area contributed by atoms with E-state index in [4.69, 9.17) is 9.47 Å². The maximum atomic E-state index is 11.8. The zero-order valence-corrected chi connectivity index (χ0v) is 13.9. The summed E-state index contributed by atoms with van der Waals surface area (Å²) in [4.78, 5) is 22.6. The van der Waals surface area contributed by atoms with Crippen LogP contribution in [0, 0.1) is 0 Å². The van der Waals surface area contributed by atoms with E-state index in [1.807, 2.05) is 27.7 Å². The van der Waals surface area contributed by atoms with Crippen LogP contribution in [0.3, 0.4) is 0 Å². The van der Waals surface area contributed by atoms with Crippen molar-refractivity contribution in [2.24, 2.45) is 0 Å². The molecule has 0 aromatic heterocycles. The number of ketones is 1. The second-order valence-electron chi connectivity index (χ2n) is 6.61. The van der Waals surface area contributed by atoms with Crippen LogP contribution in [0.2, 0.25) is 0 Å². The molecule has 20 heavy (non-hydrogen) atoms. The van der Waals surface area contributed by atoms with Crippen molar-refractivity contribution in [1.82, 2.24) is 0 Å². The van der Waals surface area contributed by atoms with Gasteiger partial charge in [-0.25, -0.2) is 0 Å². The Bertz CT molecular complexity index is 318. The molecule has 0 fully saturated rings. The number of hydrogen-bond acceptors (Lipinski definition) is 4. The molecular weight excluding hydrogens is 256 g/mol. The van der Waals surface area contributed by atoms with E-state index in [1.54, 1.807) is 14.0 Å². The first-order valence-corrected chi connectivity index (χ1v) is 7.34. The number of Topliss-reactive ketones (excluding diaryl/α,β-unsaturated/α-hetero) is 1. The van der Waals surface area contributed by atoms with Gasteiger partial charge in [-0.15, -0.1) is 0 Å². The van der Waals surface area contributed by atoms with Crippen molar-refractivity contribution in [3.8, 4) is 0 Å². The fraction of sp³-hybridized carbons (Fsp3) is 0.875. The molecule has 0 aromatic carbocycles. The smallest absolute Gasteiger partial charge is 0.306 e. The normalized spacial score (nSPS) is 12.3. The maximum Gasteiger partial charge on any atom is 0.306 e. The van der Waals surface area contributed by atoms with Gasteiger partial charge in [0.1, 0.15) is 11.4 Å². The van der Waals surface area contributed by atoms with Crippen LogP contribution in [0.5, 0.6) is 0 Å². The third kappa shape index (κ3) is 9.96. The van der Waals surface area contributed by atoms with Crippen molar-refractivity contribution < 1.29 is 19.1 Å². The van der Waals surface area contributed by atoms with Gasteiger partial charge in [0.15, 0.2) is 0 Å². The summed E-state index contributed by atoms with van der Waals surface area (Å²) in [6, 6.07) is 0. The van der Waals surface area contributed by atoms with Crippen LogP contribution in [0.25, 0.3) is 0 Å². The number of ether oxygens (including phenoxy) is 2. The molecule has 0 aliphatic carbocycles. The zero-order valence-electron chi connectivity index (χ0n) is 13.9. The summed E-state index contributed by atoms with van der Waals surface area (Å²) in [5.41, 5.74) is -0.682. The molecule has 0 spiro atoms. The second kappa shape index (κ2) is 8.40. The first kappa shape index (κ1) is 19.1. The number of carbonyl (C=O) groups is 2. The number of carbonyl (C=O) groups excluding carboxylic acids is 2. The number of hydrogen-bond donors (Lipinski definition) is 0. The van der Waals surface area contributed by atoms with E-state index in [9.17, 15) is 9.59 Å². The third-order valence-corrected chi connectivity index (χ3v) is 3.43. The SMILES string of the molecule is COC(C)(C)CCC(C)(C)OC(=O)CCCCC(C)=O. The molecule has 0 saturated carbocycles. The minimum Gasteiger partial charge on any atom is -0.460 e. The zero-order chi connectivity index (χ0) is 15.8. The highest BCUT2D eigenvalue weighted by Gasteiger charge is 2.27.